The van der Waals surface area contributed by atoms with Crippen LogP contribution >= 0.6 is 11.8 Å². The van der Waals surface area contributed by atoms with Gasteiger partial charge in [-0.05, 0) is 43.2 Å². The average molecular weight is 447 g/mol. The zero-order valence-electron chi connectivity index (χ0n) is 15.7. The van der Waals surface area contributed by atoms with Crippen LogP contribution in [0.4, 0.5) is 26.3 Å². The van der Waals surface area contributed by atoms with Crippen LogP contribution in [0.5, 0.6) is 0 Å². The fourth-order valence-electron chi connectivity index (χ4n) is 3.41. The monoisotopic (exact) mass is 447 g/mol. The van der Waals surface area contributed by atoms with Crippen molar-refractivity contribution in [2.75, 3.05) is 0 Å². The van der Waals surface area contributed by atoms with Crippen molar-refractivity contribution in [3.8, 4) is 0 Å². The Morgan fingerprint density at radius 2 is 1.43 bits per heavy atom. The van der Waals surface area contributed by atoms with Crippen LogP contribution in [-0.2, 0) is 12.4 Å². The molecule has 1 fully saturated rings. The van der Waals surface area contributed by atoms with Crippen LogP contribution in [0, 0.1) is 0 Å². The van der Waals surface area contributed by atoms with E-state index >= 15 is 0 Å². The van der Waals surface area contributed by atoms with Gasteiger partial charge in [0.15, 0.2) is 0 Å². The molecular formula is C21H19F6NOS. The number of hydrogen-bond donors (Lipinski definition) is 1. The van der Waals surface area contributed by atoms with Gasteiger partial charge in [-0.2, -0.15) is 26.3 Å². The van der Waals surface area contributed by atoms with Crippen LogP contribution in [0.2, 0.25) is 0 Å². The second kappa shape index (κ2) is 8.91. The normalized spacial score (nSPS) is 20.1. The van der Waals surface area contributed by atoms with Crippen molar-refractivity contribution in [2.45, 2.75) is 54.2 Å². The molecule has 2 nitrogen and oxygen atoms in total. The predicted molar refractivity (Wildman–Crippen MR) is 102 cm³/mol. The van der Waals surface area contributed by atoms with Crippen molar-refractivity contribution in [2.24, 2.45) is 0 Å². The number of benzene rings is 2. The Hall–Kier alpha value is -2.16. The van der Waals surface area contributed by atoms with Gasteiger partial charge >= 0.3 is 12.4 Å². The topological polar surface area (TPSA) is 29.1 Å². The summed E-state index contributed by atoms with van der Waals surface area (Å²) in [6, 6.07) is 10.1. The SMILES string of the molecule is O=C(N[C@@H]1CCCC[C@H]1Sc1ccccc1)c1cc(C(F)(F)F)cc(C(F)(F)F)c1. The predicted octanol–water partition coefficient (Wildman–Crippen LogP) is 6.56. The summed E-state index contributed by atoms with van der Waals surface area (Å²) in [6.07, 6.45) is -6.81. The third-order valence-electron chi connectivity index (χ3n) is 4.90. The second-order valence-corrected chi connectivity index (χ2v) is 8.44. The van der Waals surface area contributed by atoms with Crippen LogP contribution in [0.3, 0.4) is 0 Å². The Kier molecular flexibility index (Phi) is 6.69. The van der Waals surface area contributed by atoms with Crippen LogP contribution in [0.15, 0.2) is 53.4 Å². The van der Waals surface area contributed by atoms with Crippen LogP contribution < -0.4 is 5.32 Å². The maximum absolute atomic E-state index is 13.1. The molecule has 1 N–H and O–H groups in total. The van der Waals surface area contributed by atoms with Crippen molar-refractivity contribution in [3.63, 3.8) is 0 Å². The van der Waals surface area contributed by atoms with Gasteiger partial charge in [-0.1, -0.05) is 31.0 Å². The number of alkyl halides is 6. The third kappa shape index (κ3) is 5.71. The van der Waals surface area contributed by atoms with E-state index in [1.165, 1.54) is 0 Å². The molecular weight excluding hydrogens is 428 g/mol. The zero-order valence-corrected chi connectivity index (χ0v) is 16.5. The summed E-state index contributed by atoms with van der Waals surface area (Å²) in [6.45, 7) is 0. The summed E-state index contributed by atoms with van der Waals surface area (Å²) in [4.78, 5) is 13.6. The number of thioether (sulfide) groups is 1. The molecule has 30 heavy (non-hydrogen) atoms. The van der Waals surface area contributed by atoms with E-state index in [9.17, 15) is 31.1 Å². The Labute approximate surface area is 174 Å². The van der Waals surface area contributed by atoms with E-state index in [0.29, 0.717) is 18.6 Å². The van der Waals surface area contributed by atoms with Gasteiger partial charge in [-0.25, -0.2) is 0 Å². The lowest BCUT2D eigenvalue weighted by molar-refractivity contribution is -0.143. The van der Waals surface area contributed by atoms with Crippen LogP contribution in [0.1, 0.15) is 47.2 Å². The molecule has 0 aliphatic heterocycles. The van der Waals surface area contributed by atoms with E-state index in [-0.39, 0.29) is 17.4 Å². The van der Waals surface area contributed by atoms with E-state index in [1.807, 2.05) is 30.3 Å². The first kappa shape index (κ1) is 22.5. The van der Waals surface area contributed by atoms with E-state index in [4.69, 9.17) is 0 Å². The summed E-state index contributed by atoms with van der Waals surface area (Å²) in [5.74, 6) is -0.933. The van der Waals surface area contributed by atoms with Crippen molar-refractivity contribution < 1.29 is 31.1 Å². The minimum absolute atomic E-state index is 0.0158. The summed E-state index contributed by atoms with van der Waals surface area (Å²) < 4.78 is 78.4. The number of rotatable bonds is 4. The second-order valence-electron chi connectivity index (χ2n) is 7.13. The van der Waals surface area contributed by atoms with Gasteiger partial charge in [0, 0.05) is 21.8 Å². The molecule has 0 spiro atoms. The molecule has 162 valence electrons. The summed E-state index contributed by atoms with van der Waals surface area (Å²) in [7, 11) is 0. The lowest BCUT2D eigenvalue weighted by Crippen LogP contribution is -2.43. The van der Waals surface area contributed by atoms with Crippen molar-refractivity contribution in [1.29, 1.82) is 0 Å². The molecule has 2 aromatic rings. The Balaban J connectivity index is 1.83. The molecule has 2 atom stereocenters. The van der Waals surface area contributed by atoms with Gasteiger partial charge in [0.05, 0.1) is 11.1 Å². The van der Waals surface area contributed by atoms with Gasteiger partial charge in [0.25, 0.3) is 5.91 Å². The van der Waals surface area contributed by atoms with Gasteiger partial charge in [0.1, 0.15) is 0 Å². The van der Waals surface area contributed by atoms with Crippen molar-refractivity contribution in [1.82, 2.24) is 5.32 Å². The number of nitrogens with one attached hydrogen (secondary N) is 1. The average Bonchev–Trinajstić information content (AvgIpc) is 2.68. The van der Waals surface area contributed by atoms with E-state index in [0.717, 1.165) is 24.2 Å². The fraction of sp³-hybridized carbons (Fsp3) is 0.381. The Bertz CT molecular complexity index is 849. The summed E-state index contributed by atoms with van der Waals surface area (Å²) in [5, 5.41) is 2.65. The molecule has 0 unspecified atom stereocenters. The quantitative estimate of drug-likeness (QED) is 0.538. The summed E-state index contributed by atoms with van der Waals surface area (Å²) in [5.41, 5.74) is -3.64. The maximum atomic E-state index is 13.1. The minimum atomic E-state index is -4.99. The highest BCUT2D eigenvalue weighted by Crippen LogP contribution is 2.37. The van der Waals surface area contributed by atoms with Gasteiger partial charge in [0.2, 0.25) is 0 Å². The number of hydrogen-bond acceptors (Lipinski definition) is 2. The molecule has 0 aromatic heterocycles. The fourth-order valence-corrected chi connectivity index (χ4v) is 4.73. The van der Waals surface area contributed by atoms with Crippen molar-refractivity contribution >= 4 is 17.7 Å². The lowest BCUT2D eigenvalue weighted by atomic mass is 9.94. The molecule has 1 aliphatic carbocycles. The van der Waals surface area contributed by atoms with Gasteiger partial charge < -0.3 is 5.32 Å². The molecule has 0 heterocycles. The molecule has 1 amide bonds. The molecule has 0 bridgehead atoms. The molecule has 9 heteroatoms. The van der Waals surface area contributed by atoms with Crippen molar-refractivity contribution in [3.05, 3.63) is 65.2 Å². The minimum Gasteiger partial charge on any atom is -0.348 e. The maximum Gasteiger partial charge on any atom is 0.416 e. The number of halogens is 6. The van der Waals surface area contributed by atoms with Crippen LogP contribution in [0.25, 0.3) is 0 Å². The molecule has 2 aromatic carbocycles. The summed E-state index contributed by atoms with van der Waals surface area (Å²) >= 11 is 1.55. The van der Waals surface area contributed by atoms with E-state index in [2.05, 4.69) is 5.32 Å². The number of carbonyl (C=O) groups is 1. The highest BCUT2D eigenvalue weighted by atomic mass is 32.2. The highest BCUT2D eigenvalue weighted by molar-refractivity contribution is 8.00. The Morgan fingerprint density at radius 1 is 0.867 bits per heavy atom. The smallest absolute Gasteiger partial charge is 0.348 e. The molecule has 1 aliphatic rings. The standard InChI is InChI=1S/C21H19F6NOS/c22-20(23,24)14-10-13(11-15(12-14)21(25,26)27)19(29)28-17-8-4-5-9-18(17)30-16-6-2-1-3-7-16/h1-3,6-7,10-12,17-18H,4-5,8-9H2,(H,28,29)/t17-,18-/m1/s1. The lowest BCUT2D eigenvalue weighted by Gasteiger charge is -2.32. The van der Waals surface area contributed by atoms with Gasteiger partial charge in [-0.15, -0.1) is 11.8 Å². The number of amides is 1. The molecule has 0 saturated heterocycles. The Morgan fingerprint density at radius 3 is 2.00 bits per heavy atom. The zero-order chi connectivity index (χ0) is 21.9. The highest BCUT2D eigenvalue weighted by Gasteiger charge is 2.38. The molecule has 3 rings (SSSR count). The first-order valence-electron chi connectivity index (χ1n) is 9.36. The number of carbonyl (C=O) groups excluding carboxylic acids is 1. The van der Waals surface area contributed by atoms with E-state index in [1.54, 1.807) is 11.8 Å². The largest absolute Gasteiger partial charge is 0.416 e. The van der Waals surface area contributed by atoms with Crippen LogP contribution in [-0.4, -0.2) is 17.2 Å². The molecule has 1 saturated carbocycles. The third-order valence-corrected chi connectivity index (χ3v) is 6.31. The first-order chi connectivity index (χ1) is 14.0. The molecule has 0 radical (unpaired) electrons. The van der Waals surface area contributed by atoms with Gasteiger partial charge in [-0.3, -0.25) is 4.79 Å². The van der Waals surface area contributed by atoms with E-state index < -0.39 is 35.0 Å². The first-order valence-corrected chi connectivity index (χ1v) is 10.2.